The van der Waals surface area contributed by atoms with Crippen LogP contribution in [0, 0.1) is 6.92 Å². The lowest BCUT2D eigenvalue weighted by molar-refractivity contribution is -0.196. The fourth-order valence-electron chi connectivity index (χ4n) is 3.40. The first kappa shape index (κ1) is 23.2. The van der Waals surface area contributed by atoms with Crippen LogP contribution in [0.4, 0.5) is 0 Å². The number of piperidine rings is 1. The van der Waals surface area contributed by atoms with Crippen LogP contribution in [0.2, 0.25) is 0 Å². The maximum absolute atomic E-state index is 10.5. The fourth-order valence-corrected chi connectivity index (χ4v) is 3.88. The number of hydroxylamine groups is 2. The lowest BCUT2D eigenvalue weighted by Gasteiger charge is -2.30. The quantitative estimate of drug-likeness (QED) is 0.537. The van der Waals surface area contributed by atoms with Gasteiger partial charge in [-0.05, 0) is 43.0 Å². The minimum Gasteiger partial charge on any atom is -0.286 e. The van der Waals surface area contributed by atoms with E-state index in [0.29, 0.717) is 0 Å². The van der Waals surface area contributed by atoms with Crippen molar-refractivity contribution in [1.29, 1.82) is 0 Å². The van der Waals surface area contributed by atoms with E-state index in [0.717, 1.165) is 18.7 Å². The van der Waals surface area contributed by atoms with Crippen LogP contribution >= 0.6 is 0 Å². The molecule has 3 aromatic carbocycles. The van der Waals surface area contributed by atoms with Crippen molar-refractivity contribution in [3.05, 3.63) is 102 Å². The molecule has 1 heterocycles. The second-order valence-corrected chi connectivity index (χ2v) is 9.01. The van der Waals surface area contributed by atoms with Gasteiger partial charge >= 0.3 is 0 Å². The molecule has 1 aliphatic heterocycles. The lowest BCUT2D eigenvalue weighted by Crippen LogP contribution is -2.31. The van der Waals surface area contributed by atoms with Crippen molar-refractivity contribution >= 4 is 10.1 Å². The van der Waals surface area contributed by atoms with E-state index in [2.05, 4.69) is 53.6 Å². The molecular weight excluding hydrogens is 410 g/mol. The fraction of sp³-hybridized carbons (Fsp3) is 0.280. The Morgan fingerprint density at radius 1 is 0.774 bits per heavy atom. The molecule has 6 heteroatoms. The third-order valence-corrected chi connectivity index (χ3v) is 5.96. The first-order valence-corrected chi connectivity index (χ1v) is 11.9. The van der Waals surface area contributed by atoms with Crippen LogP contribution in [-0.4, -0.2) is 31.1 Å². The topological polar surface area (TPSA) is 66.8 Å². The summed E-state index contributed by atoms with van der Waals surface area (Å²) in [7, 11) is -4.02. The molecule has 1 aliphatic rings. The Morgan fingerprint density at radius 3 is 1.71 bits per heavy atom. The van der Waals surface area contributed by atoms with E-state index in [9.17, 15) is 8.42 Å². The molecule has 0 saturated carbocycles. The normalized spacial score (nSPS) is 14.7. The molecule has 0 bridgehead atoms. The van der Waals surface area contributed by atoms with Crippen LogP contribution in [0.15, 0.2) is 89.8 Å². The van der Waals surface area contributed by atoms with Gasteiger partial charge in [-0.3, -0.25) is 9.39 Å². The molecule has 0 spiro atoms. The van der Waals surface area contributed by atoms with E-state index in [4.69, 9.17) is 9.39 Å². The van der Waals surface area contributed by atoms with E-state index < -0.39 is 10.1 Å². The van der Waals surface area contributed by atoms with Crippen molar-refractivity contribution < 1.29 is 17.8 Å². The Hall–Kier alpha value is -2.51. The van der Waals surface area contributed by atoms with Crippen LogP contribution in [-0.2, 0) is 15.0 Å². The first-order chi connectivity index (χ1) is 14.9. The van der Waals surface area contributed by atoms with Crippen LogP contribution in [0.5, 0.6) is 0 Å². The molecule has 164 valence electrons. The Balaban J connectivity index is 0.000000210. The summed E-state index contributed by atoms with van der Waals surface area (Å²) in [6.45, 7) is 3.92. The molecule has 31 heavy (non-hydrogen) atoms. The summed E-state index contributed by atoms with van der Waals surface area (Å²) in [4.78, 5) is 6.23. The zero-order valence-electron chi connectivity index (χ0n) is 17.7. The predicted molar refractivity (Wildman–Crippen MR) is 122 cm³/mol. The summed E-state index contributed by atoms with van der Waals surface area (Å²) in [5.74, 6) is 0. The van der Waals surface area contributed by atoms with Gasteiger partial charge in [0.2, 0.25) is 0 Å². The summed E-state index contributed by atoms with van der Waals surface area (Å²) in [6, 6.07) is 26.9. The number of rotatable bonds is 5. The third-order valence-electron chi connectivity index (χ3n) is 5.09. The standard InChI is InChI=1S/C18H21NO.C7H8O3S/c1-4-10-16(11-5-1)18(17-12-6-2-7-13-17)20-19-14-8-3-9-15-19;1-6-2-4-7(5-3-6)11(8,9)10/h1-2,4-7,10-13,18H,3,8-9,14-15H2;2-5H,1H3,(H,8,9,10). The molecule has 0 aromatic heterocycles. The smallest absolute Gasteiger partial charge is 0.286 e. The van der Waals surface area contributed by atoms with E-state index in [1.807, 2.05) is 19.1 Å². The van der Waals surface area contributed by atoms with Crippen molar-refractivity contribution in [2.45, 2.75) is 37.2 Å². The predicted octanol–water partition coefficient (Wildman–Crippen LogP) is 5.44. The van der Waals surface area contributed by atoms with E-state index in [1.165, 1.54) is 42.5 Å². The van der Waals surface area contributed by atoms with Crippen molar-refractivity contribution in [3.63, 3.8) is 0 Å². The molecule has 5 nitrogen and oxygen atoms in total. The molecular formula is C25H29NO4S. The molecule has 1 N–H and O–H groups in total. The molecule has 1 saturated heterocycles. The van der Waals surface area contributed by atoms with Gasteiger partial charge in [-0.1, -0.05) is 84.8 Å². The highest BCUT2D eigenvalue weighted by Gasteiger charge is 2.20. The summed E-state index contributed by atoms with van der Waals surface area (Å²) < 4.78 is 29.6. The summed E-state index contributed by atoms with van der Waals surface area (Å²) >= 11 is 0. The Labute approximate surface area is 185 Å². The van der Waals surface area contributed by atoms with Gasteiger partial charge in [0, 0.05) is 13.1 Å². The molecule has 0 amide bonds. The Kier molecular flexibility index (Phi) is 8.37. The number of hydrogen-bond donors (Lipinski definition) is 1. The highest BCUT2D eigenvalue weighted by molar-refractivity contribution is 7.85. The molecule has 3 aromatic rings. The summed E-state index contributed by atoms with van der Waals surface area (Å²) in [5, 5.41) is 2.13. The average molecular weight is 440 g/mol. The van der Waals surface area contributed by atoms with E-state index >= 15 is 0 Å². The Bertz CT molecular complexity index is 977. The highest BCUT2D eigenvalue weighted by Crippen LogP contribution is 2.28. The molecule has 0 aliphatic carbocycles. The first-order valence-electron chi connectivity index (χ1n) is 10.5. The van der Waals surface area contributed by atoms with Crippen LogP contribution in [0.3, 0.4) is 0 Å². The van der Waals surface area contributed by atoms with Gasteiger partial charge < -0.3 is 0 Å². The average Bonchev–Trinajstić information content (AvgIpc) is 2.79. The Morgan fingerprint density at radius 2 is 1.26 bits per heavy atom. The van der Waals surface area contributed by atoms with Crippen LogP contribution in [0.25, 0.3) is 0 Å². The molecule has 0 radical (unpaired) electrons. The van der Waals surface area contributed by atoms with Gasteiger partial charge in [-0.15, -0.1) is 0 Å². The number of nitrogens with zero attached hydrogens (tertiary/aromatic N) is 1. The van der Waals surface area contributed by atoms with E-state index in [-0.39, 0.29) is 11.0 Å². The monoisotopic (exact) mass is 439 g/mol. The highest BCUT2D eigenvalue weighted by atomic mass is 32.2. The minimum absolute atomic E-state index is 0.00417. The van der Waals surface area contributed by atoms with Crippen molar-refractivity contribution in [1.82, 2.24) is 5.06 Å². The zero-order valence-corrected chi connectivity index (χ0v) is 18.5. The van der Waals surface area contributed by atoms with E-state index in [1.54, 1.807) is 12.1 Å². The molecule has 0 unspecified atom stereocenters. The maximum Gasteiger partial charge on any atom is 0.294 e. The van der Waals surface area contributed by atoms with Gasteiger partial charge in [0.1, 0.15) is 6.10 Å². The largest absolute Gasteiger partial charge is 0.294 e. The summed E-state index contributed by atoms with van der Waals surface area (Å²) in [6.07, 6.45) is 3.78. The second kappa shape index (κ2) is 11.2. The van der Waals surface area contributed by atoms with Crippen LogP contribution in [0.1, 0.15) is 42.1 Å². The maximum atomic E-state index is 10.5. The molecule has 0 atom stereocenters. The lowest BCUT2D eigenvalue weighted by atomic mass is 10.0. The number of aryl methyl sites for hydroxylation is 1. The SMILES string of the molecule is Cc1ccc(S(=O)(=O)O)cc1.c1ccc(C(ON2CCCCC2)c2ccccc2)cc1. The molecule has 4 rings (SSSR count). The number of benzene rings is 3. The van der Waals surface area contributed by atoms with Gasteiger partial charge in [-0.2, -0.15) is 13.5 Å². The zero-order chi connectivity index (χ0) is 22.1. The van der Waals surface area contributed by atoms with Gasteiger partial charge in [0.05, 0.1) is 4.90 Å². The summed E-state index contributed by atoms with van der Waals surface area (Å²) in [5.41, 5.74) is 3.38. The number of hydrogen-bond acceptors (Lipinski definition) is 4. The van der Waals surface area contributed by atoms with Gasteiger partial charge in [0.15, 0.2) is 0 Å². The van der Waals surface area contributed by atoms with Crippen molar-refractivity contribution in [2.75, 3.05) is 13.1 Å². The minimum atomic E-state index is -4.02. The third kappa shape index (κ3) is 7.29. The molecule has 1 fully saturated rings. The van der Waals surface area contributed by atoms with Crippen LogP contribution < -0.4 is 0 Å². The van der Waals surface area contributed by atoms with Gasteiger partial charge in [-0.25, -0.2) is 0 Å². The second-order valence-electron chi connectivity index (χ2n) is 7.58. The van der Waals surface area contributed by atoms with Crippen molar-refractivity contribution in [3.8, 4) is 0 Å². The van der Waals surface area contributed by atoms with Crippen molar-refractivity contribution in [2.24, 2.45) is 0 Å². The van der Waals surface area contributed by atoms with Gasteiger partial charge in [0.25, 0.3) is 10.1 Å².